The number of nitriles is 1. The third-order valence-corrected chi connectivity index (χ3v) is 5.63. The summed E-state index contributed by atoms with van der Waals surface area (Å²) in [5, 5.41) is 13.5. The molecule has 2 saturated carbocycles. The van der Waals surface area contributed by atoms with Gasteiger partial charge in [0.25, 0.3) is 0 Å². The molecule has 1 aromatic heterocycles. The maximum atomic E-state index is 9.28. The van der Waals surface area contributed by atoms with Crippen LogP contribution in [0.1, 0.15) is 44.6 Å². The van der Waals surface area contributed by atoms with Crippen molar-refractivity contribution < 1.29 is 4.74 Å². The van der Waals surface area contributed by atoms with Crippen LogP contribution < -0.4 is 5.32 Å². The molecule has 22 heavy (non-hydrogen) atoms. The van der Waals surface area contributed by atoms with Gasteiger partial charge in [-0.25, -0.2) is 9.97 Å². The Bertz CT molecular complexity index is 580. The number of nitrogens with zero attached hydrogens (tertiary/aromatic N) is 3. The number of nitrogens with one attached hydrogen (secondary N) is 1. The predicted octanol–water partition coefficient (Wildman–Crippen LogP) is 3.22. The number of hydrogen-bond donors (Lipinski definition) is 1. The van der Waals surface area contributed by atoms with Crippen LogP contribution in [0.5, 0.6) is 0 Å². The van der Waals surface area contributed by atoms with Crippen molar-refractivity contribution in [2.75, 3.05) is 18.2 Å². The summed E-state index contributed by atoms with van der Waals surface area (Å²) >= 11 is 1.49. The Balaban J connectivity index is 1.80. The summed E-state index contributed by atoms with van der Waals surface area (Å²) in [6, 6.07) is 2.54. The Morgan fingerprint density at radius 3 is 2.91 bits per heavy atom. The van der Waals surface area contributed by atoms with Crippen molar-refractivity contribution >= 4 is 17.6 Å². The van der Waals surface area contributed by atoms with Crippen molar-refractivity contribution in [2.24, 2.45) is 5.41 Å². The Morgan fingerprint density at radius 1 is 1.50 bits per heavy atom. The summed E-state index contributed by atoms with van der Waals surface area (Å²) in [7, 11) is 0. The number of aromatic nitrogens is 2. The van der Waals surface area contributed by atoms with E-state index >= 15 is 0 Å². The van der Waals surface area contributed by atoms with Crippen molar-refractivity contribution in [2.45, 2.75) is 56.3 Å². The van der Waals surface area contributed by atoms with E-state index in [1.807, 2.05) is 6.26 Å². The summed E-state index contributed by atoms with van der Waals surface area (Å²) < 4.78 is 5.94. The fourth-order valence-electron chi connectivity index (χ4n) is 3.91. The van der Waals surface area contributed by atoms with Gasteiger partial charge >= 0.3 is 0 Å². The van der Waals surface area contributed by atoms with Gasteiger partial charge in [0.05, 0.1) is 12.3 Å². The van der Waals surface area contributed by atoms with Gasteiger partial charge in [0.2, 0.25) is 0 Å². The largest absolute Gasteiger partial charge is 0.378 e. The van der Waals surface area contributed by atoms with Gasteiger partial charge in [-0.3, -0.25) is 0 Å². The van der Waals surface area contributed by atoms with E-state index in [1.165, 1.54) is 37.4 Å². The zero-order valence-electron chi connectivity index (χ0n) is 13.1. The first-order valence-electron chi connectivity index (χ1n) is 7.92. The van der Waals surface area contributed by atoms with Crippen LogP contribution in [0.25, 0.3) is 0 Å². The Morgan fingerprint density at radius 2 is 2.27 bits per heavy atom. The van der Waals surface area contributed by atoms with E-state index in [2.05, 4.69) is 28.3 Å². The maximum absolute atomic E-state index is 9.28. The Hall–Kier alpha value is -1.32. The molecule has 2 aliphatic carbocycles. The molecular formula is C16H22N4OS. The summed E-state index contributed by atoms with van der Waals surface area (Å²) in [6.07, 6.45) is 9.86. The molecule has 0 saturated heterocycles. The maximum Gasteiger partial charge on any atom is 0.189 e. The van der Waals surface area contributed by atoms with Crippen molar-refractivity contribution in [1.29, 1.82) is 5.26 Å². The molecule has 0 radical (unpaired) electrons. The zero-order chi connectivity index (χ0) is 15.6. The molecule has 1 spiro atoms. The van der Waals surface area contributed by atoms with E-state index in [0.717, 1.165) is 13.0 Å². The predicted molar refractivity (Wildman–Crippen MR) is 86.9 cm³/mol. The second-order valence-corrected chi connectivity index (χ2v) is 6.82. The minimum atomic E-state index is 0.229. The molecule has 1 heterocycles. The molecule has 5 nitrogen and oxygen atoms in total. The summed E-state index contributed by atoms with van der Waals surface area (Å²) in [5.41, 5.74) is 0.749. The molecule has 0 bridgehead atoms. The molecule has 1 aromatic rings. The van der Waals surface area contributed by atoms with Crippen LogP contribution in [0.4, 0.5) is 5.82 Å². The molecule has 2 atom stereocenters. The summed E-state index contributed by atoms with van der Waals surface area (Å²) in [5.74, 6) is 0.674. The highest BCUT2D eigenvalue weighted by atomic mass is 32.2. The SMILES string of the molecule is CCO[C@@H]1C[C@H](Nc2nc(SC)ncc2C#N)C12CCCC2. The van der Waals surface area contributed by atoms with Crippen LogP contribution in [-0.4, -0.2) is 35.0 Å². The Kier molecular flexibility index (Phi) is 4.55. The van der Waals surface area contributed by atoms with Gasteiger partial charge < -0.3 is 10.1 Å². The zero-order valence-corrected chi connectivity index (χ0v) is 13.9. The molecule has 0 aromatic carbocycles. The lowest BCUT2D eigenvalue weighted by Gasteiger charge is -2.54. The van der Waals surface area contributed by atoms with Crippen LogP contribution in [0, 0.1) is 16.7 Å². The highest BCUT2D eigenvalue weighted by Crippen LogP contribution is 2.55. The number of anilines is 1. The van der Waals surface area contributed by atoms with Gasteiger partial charge in [-0.1, -0.05) is 24.6 Å². The van der Waals surface area contributed by atoms with Crippen molar-refractivity contribution in [3.05, 3.63) is 11.8 Å². The average Bonchev–Trinajstić information content (AvgIpc) is 3.06. The molecule has 2 fully saturated rings. The highest BCUT2D eigenvalue weighted by molar-refractivity contribution is 7.98. The van der Waals surface area contributed by atoms with E-state index in [-0.39, 0.29) is 5.41 Å². The van der Waals surface area contributed by atoms with Crippen molar-refractivity contribution in [3.8, 4) is 6.07 Å². The lowest BCUT2D eigenvalue weighted by molar-refractivity contribution is -0.114. The van der Waals surface area contributed by atoms with E-state index in [0.29, 0.717) is 28.7 Å². The van der Waals surface area contributed by atoms with Gasteiger partial charge in [0, 0.05) is 18.1 Å². The van der Waals surface area contributed by atoms with Gasteiger partial charge in [-0.2, -0.15) is 5.26 Å². The minimum absolute atomic E-state index is 0.229. The number of thioether (sulfide) groups is 1. The van der Waals surface area contributed by atoms with Crippen LogP contribution in [0.3, 0.4) is 0 Å². The second-order valence-electron chi connectivity index (χ2n) is 6.05. The van der Waals surface area contributed by atoms with E-state index in [9.17, 15) is 5.26 Å². The second kappa shape index (κ2) is 6.43. The van der Waals surface area contributed by atoms with Gasteiger partial charge in [-0.15, -0.1) is 0 Å². The standard InChI is InChI=1S/C16H22N4OS/c1-3-21-13-8-12(16(13)6-4-5-7-16)19-14-11(9-17)10-18-15(20-14)22-2/h10,12-13H,3-8H2,1-2H3,(H,18,19,20)/t12-,13+/m0/s1. The normalized spacial score (nSPS) is 25.7. The molecule has 118 valence electrons. The molecule has 0 aliphatic heterocycles. The third kappa shape index (κ3) is 2.57. The number of rotatable bonds is 5. The van der Waals surface area contributed by atoms with Crippen molar-refractivity contribution in [1.82, 2.24) is 9.97 Å². The topological polar surface area (TPSA) is 70.8 Å². The minimum Gasteiger partial charge on any atom is -0.378 e. The van der Waals surface area contributed by atoms with Crippen LogP contribution in [-0.2, 0) is 4.74 Å². The monoisotopic (exact) mass is 318 g/mol. The van der Waals surface area contributed by atoms with Crippen LogP contribution in [0.2, 0.25) is 0 Å². The molecule has 3 rings (SSSR count). The van der Waals surface area contributed by atoms with E-state index < -0.39 is 0 Å². The van der Waals surface area contributed by atoms with Crippen LogP contribution >= 0.6 is 11.8 Å². The lowest BCUT2D eigenvalue weighted by atomic mass is 9.60. The first-order chi connectivity index (χ1) is 10.7. The highest BCUT2D eigenvalue weighted by Gasteiger charge is 2.56. The van der Waals surface area contributed by atoms with Gasteiger partial charge in [0.15, 0.2) is 5.16 Å². The number of ether oxygens (including phenoxy) is 1. The average molecular weight is 318 g/mol. The molecule has 1 N–H and O–H groups in total. The summed E-state index contributed by atoms with van der Waals surface area (Å²) in [4.78, 5) is 8.66. The molecule has 2 aliphatic rings. The van der Waals surface area contributed by atoms with E-state index in [4.69, 9.17) is 4.74 Å². The lowest BCUT2D eigenvalue weighted by Crippen LogP contribution is -2.60. The number of hydrogen-bond acceptors (Lipinski definition) is 6. The molecule has 0 amide bonds. The van der Waals surface area contributed by atoms with Crippen LogP contribution in [0.15, 0.2) is 11.4 Å². The third-order valence-electron chi connectivity index (χ3n) is 5.07. The summed E-state index contributed by atoms with van der Waals surface area (Å²) in [6.45, 7) is 2.83. The van der Waals surface area contributed by atoms with E-state index in [1.54, 1.807) is 6.20 Å². The fraction of sp³-hybridized carbons (Fsp3) is 0.688. The quantitative estimate of drug-likeness (QED) is 0.664. The van der Waals surface area contributed by atoms with Crippen molar-refractivity contribution in [3.63, 3.8) is 0 Å². The smallest absolute Gasteiger partial charge is 0.189 e. The molecule has 6 heteroatoms. The fourth-order valence-corrected chi connectivity index (χ4v) is 4.25. The molecular weight excluding hydrogens is 296 g/mol. The van der Waals surface area contributed by atoms with Gasteiger partial charge in [-0.05, 0) is 32.4 Å². The first kappa shape index (κ1) is 15.6. The first-order valence-corrected chi connectivity index (χ1v) is 9.15. The Labute approximate surface area is 135 Å². The van der Waals surface area contributed by atoms with Gasteiger partial charge in [0.1, 0.15) is 17.5 Å². The molecule has 0 unspecified atom stereocenters.